The molecular formula is C7H9N5O2. The zero-order valence-electron chi connectivity index (χ0n) is 7.74. The van der Waals surface area contributed by atoms with Crippen LogP contribution in [0.5, 0.6) is 0 Å². The molecule has 0 atom stereocenters. The molecule has 0 saturated carbocycles. The van der Waals surface area contributed by atoms with Crippen molar-refractivity contribution in [3.05, 3.63) is 18.0 Å². The molecule has 1 heterocycles. The smallest absolute Gasteiger partial charge is 0.288 e. The van der Waals surface area contributed by atoms with Gasteiger partial charge in [-0.05, 0) is 0 Å². The third-order valence-electron chi connectivity index (χ3n) is 1.43. The molecule has 0 bridgehead atoms. The Hall–Kier alpha value is -2.05. The molecule has 0 aliphatic rings. The first-order valence-electron chi connectivity index (χ1n) is 3.82. The summed E-state index contributed by atoms with van der Waals surface area (Å²) in [7, 11) is 2.90. The van der Waals surface area contributed by atoms with Crippen LogP contribution in [-0.4, -0.2) is 40.9 Å². The summed E-state index contributed by atoms with van der Waals surface area (Å²) < 4.78 is 0. The highest BCUT2D eigenvalue weighted by atomic mass is 16.2. The van der Waals surface area contributed by atoms with Gasteiger partial charge in [0.25, 0.3) is 11.8 Å². The Morgan fingerprint density at radius 3 is 1.86 bits per heavy atom. The average Bonchev–Trinajstić information content (AvgIpc) is 2.27. The van der Waals surface area contributed by atoms with E-state index in [-0.39, 0.29) is 11.6 Å². The van der Waals surface area contributed by atoms with Crippen LogP contribution in [0.3, 0.4) is 0 Å². The number of hydrogen-bond donors (Lipinski definition) is 2. The number of aromatic nitrogens is 3. The zero-order valence-corrected chi connectivity index (χ0v) is 7.74. The van der Waals surface area contributed by atoms with Gasteiger partial charge in [0.1, 0.15) is 6.33 Å². The predicted molar refractivity (Wildman–Crippen MR) is 46.6 cm³/mol. The van der Waals surface area contributed by atoms with E-state index >= 15 is 0 Å². The molecule has 0 aliphatic carbocycles. The molecule has 0 fully saturated rings. The Bertz CT molecular complexity index is 334. The van der Waals surface area contributed by atoms with Gasteiger partial charge in [0.2, 0.25) is 11.6 Å². The molecular weight excluding hydrogens is 186 g/mol. The summed E-state index contributed by atoms with van der Waals surface area (Å²) >= 11 is 0. The fraction of sp³-hybridized carbons (Fsp3) is 0.286. The number of rotatable bonds is 2. The second kappa shape index (κ2) is 4.26. The maximum absolute atomic E-state index is 11.1. The highest BCUT2D eigenvalue weighted by molar-refractivity contribution is 5.93. The van der Waals surface area contributed by atoms with E-state index in [2.05, 4.69) is 25.6 Å². The minimum Gasteiger partial charge on any atom is -0.352 e. The van der Waals surface area contributed by atoms with E-state index in [4.69, 9.17) is 0 Å². The van der Waals surface area contributed by atoms with E-state index in [1.54, 1.807) is 0 Å². The molecule has 0 saturated heterocycles. The third kappa shape index (κ3) is 2.00. The number of hydrogen-bond acceptors (Lipinski definition) is 5. The van der Waals surface area contributed by atoms with Crippen molar-refractivity contribution in [3.63, 3.8) is 0 Å². The maximum Gasteiger partial charge on any atom is 0.288 e. The fourth-order valence-corrected chi connectivity index (χ4v) is 0.739. The van der Waals surface area contributed by atoms with Crippen molar-refractivity contribution in [3.8, 4) is 0 Å². The second-order valence-electron chi connectivity index (χ2n) is 2.29. The van der Waals surface area contributed by atoms with Gasteiger partial charge in [-0.2, -0.15) is 4.98 Å². The van der Waals surface area contributed by atoms with Crippen molar-refractivity contribution >= 4 is 11.8 Å². The first kappa shape index (κ1) is 10.0. The Labute approximate surface area is 80.0 Å². The Balaban J connectivity index is 3.01. The van der Waals surface area contributed by atoms with Crippen molar-refractivity contribution in [2.75, 3.05) is 14.1 Å². The molecule has 2 amide bonds. The van der Waals surface area contributed by atoms with Crippen LogP contribution >= 0.6 is 0 Å². The van der Waals surface area contributed by atoms with Crippen LogP contribution in [0.2, 0.25) is 0 Å². The number of carbonyl (C=O) groups excluding carboxylic acids is 2. The van der Waals surface area contributed by atoms with Gasteiger partial charge in [-0.15, -0.1) is 0 Å². The van der Waals surface area contributed by atoms with Crippen molar-refractivity contribution < 1.29 is 9.59 Å². The molecule has 7 nitrogen and oxygen atoms in total. The van der Waals surface area contributed by atoms with Gasteiger partial charge in [-0.3, -0.25) is 9.59 Å². The van der Waals surface area contributed by atoms with Crippen molar-refractivity contribution in [1.29, 1.82) is 0 Å². The fourth-order valence-electron chi connectivity index (χ4n) is 0.739. The number of nitrogens with one attached hydrogen (secondary N) is 2. The van der Waals surface area contributed by atoms with Gasteiger partial charge in [0.05, 0.1) is 0 Å². The second-order valence-corrected chi connectivity index (χ2v) is 2.29. The summed E-state index contributed by atoms with van der Waals surface area (Å²) in [5, 5.41) is 4.68. The highest BCUT2D eigenvalue weighted by Gasteiger charge is 2.12. The quantitative estimate of drug-likeness (QED) is 0.604. The lowest BCUT2D eigenvalue weighted by molar-refractivity contribution is 0.0945. The minimum absolute atomic E-state index is 0.0823. The van der Waals surface area contributed by atoms with Crippen LogP contribution in [0, 0.1) is 0 Å². The molecule has 7 heteroatoms. The summed E-state index contributed by atoms with van der Waals surface area (Å²) in [5.74, 6) is -1.09. The summed E-state index contributed by atoms with van der Waals surface area (Å²) in [5.41, 5.74) is 0. The summed E-state index contributed by atoms with van der Waals surface area (Å²) in [6.07, 6.45) is 1.11. The molecule has 0 aliphatic heterocycles. The van der Waals surface area contributed by atoms with Gasteiger partial charge in [-0.25, -0.2) is 9.97 Å². The van der Waals surface area contributed by atoms with Crippen LogP contribution in [-0.2, 0) is 0 Å². The van der Waals surface area contributed by atoms with E-state index in [0.717, 1.165) is 6.33 Å². The summed E-state index contributed by atoms with van der Waals surface area (Å²) in [4.78, 5) is 33.1. The van der Waals surface area contributed by atoms with Crippen LogP contribution in [0.15, 0.2) is 6.33 Å². The summed E-state index contributed by atoms with van der Waals surface area (Å²) in [6, 6.07) is 0. The lowest BCUT2D eigenvalue weighted by atomic mass is 10.5. The Morgan fingerprint density at radius 1 is 1.07 bits per heavy atom. The third-order valence-corrected chi connectivity index (χ3v) is 1.43. The highest BCUT2D eigenvalue weighted by Crippen LogP contribution is 1.90. The lowest BCUT2D eigenvalue weighted by Crippen LogP contribution is -2.25. The lowest BCUT2D eigenvalue weighted by Gasteiger charge is -1.99. The van der Waals surface area contributed by atoms with E-state index < -0.39 is 11.8 Å². The average molecular weight is 195 g/mol. The Morgan fingerprint density at radius 2 is 1.50 bits per heavy atom. The van der Waals surface area contributed by atoms with Gasteiger partial charge in [0.15, 0.2) is 0 Å². The zero-order chi connectivity index (χ0) is 10.6. The first-order chi connectivity index (χ1) is 6.69. The number of nitrogens with zero attached hydrogens (tertiary/aromatic N) is 3. The molecule has 0 spiro atoms. The molecule has 74 valence electrons. The molecule has 0 unspecified atom stereocenters. The van der Waals surface area contributed by atoms with Crippen LogP contribution < -0.4 is 10.6 Å². The van der Waals surface area contributed by atoms with E-state index in [0.29, 0.717) is 0 Å². The largest absolute Gasteiger partial charge is 0.352 e. The SMILES string of the molecule is CNC(=O)c1ncnc(C(=O)NC)n1. The van der Waals surface area contributed by atoms with Gasteiger partial charge < -0.3 is 10.6 Å². The standard InChI is InChI=1S/C7H9N5O2/c1-8-6(13)4-10-3-11-5(12-4)7(14)9-2/h3H,1-2H3,(H,8,13)(H,9,14). The molecule has 1 aromatic heterocycles. The normalized spacial score (nSPS) is 9.29. The molecule has 1 aromatic rings. The summed E-state index contributed by atoms with van der Waals surface area (Å²) in [6.45, 7) is 0. The molecule has 0 aromatic carbocycles. The van der Waals surface area contributed by atoms with E-state index in [1.165, 1.54) is 14.1 Å². The molecule has 1 rings (SSSR count). The van der Waals surface area contributed by atoms with Crippen molar-refractivity contribution in [2.24, 2.45) is 0 Å². The number of carbonyl (C=O) groups is 2. The van der Waals surface area contributed by atoms with Crippen molar-refractivity contribution in [2.45, 2.75) is 0 Å². The van der Waals surface area contributed by atoms with Crippen LogP contribution in [0.1, 0.15) is 21.2 Å². The minimum atomic E-state index is -0.461. The first-order valence-corrected chi connectivity index (χ1v) is 3.82. The van der Waals surface area contributed by atoms with E-state index in [9.17, 15) is 9.59 Å². The van der Waals surface area contributed by atoms with Crippen LogP contribution in [0.4, 0.5) is 0 Å². The topological polar surface area (TPSA) is 96.9 Å². The Kier molecular flexibility index (Phi) is 3.05. The van der Waals surface area contributed by atoms with Gasteiger partial charge in [-0.1, -0.05) is 0 Å². The molecule has 2 N–H and O–H groups in total. The monoisotopic (exact) mass is 195 g/mol. The molecule has 14 heavy (non-hydrogen) atoms. The van der Waals surface area contributed by atoms with Gasteiger partial charge in [0, 0.05) is 14.1 Å². The van der Waals surface area contributed by atoms with E-state index in [1.807, 2.05) is 0 Å². The predicted octanol–water partition coefficient (Wildman–Crippen LogP) is -1.41. The van der Waals surface area contributed by atoms with Crippen LogP contribution in [0.25, 0.3) is 0 Å². The maximum atomic E-state index is 11.1. The molecule has 0 radical (unpaired) electrons. The number of amides is 2. The van der Waals surface area contributed by atoms with Crippen molar-refractivity contribution in [1.82, 2.24) is 25.6 Å². The van der Waals surface area contributed by atoms with Gasteiger partial charge >= 0.3 is 0 Å².